The van der Waals surface area contributed by atoms with Crippen LogP contribution < -0.4 is 10.9 Å². The Hall–Kier alpha value is -3.35. The van der Waals surface area contributed by atoms with E-state index in [0.717, 1.165) is 11.3 Å². The highest BCUT2D eigenvalue weighted by Gasteiger charge is 2.18. The van der Waals surface area contributed by atoms with Crippen LogP contribution >= 0.6 is 0 Å². The topological polar surface area (TPSA) is 101 Å². The third-order valence-electron chi connectivity index (χ3n) is 3.99. The van der Waals surface area contributed by atoms with Gasteiger partial charge in [-0.25, -0.2) is 4.98 Å². The van der Waals surface area contributed by atoms with E-state index in [1.54, 1.807) is 30.7 Å². The van der Waals surface area contributed by atoms with Crippen LogP contribution in [0.4, 0.5) is 0 Å². The SMILES string of the molecule is CCC(NC(=O)c1cnc(-c2cccnc2)[nH]c1=O)c1cc(C)ccn1. The summed E-state index contributed by atoms with van der Waals surface area (Å²) in [7, 11) is 0. The molecule has 0 aliphatic carbocycles. The zero-order chi connectivity index (χ0) is 18.5. The largest absolute Gasteiger partial charge is 0.343 e. The molecular formula is C19H19N5O2. The summed E-state index contributed by atoms with van der Waals surface area (Å²) < 4.78 is 0. The van der Waals surface area contributed by atoms with E-state index in [1.165, 1.54) is 6.20 Å². The van der Waals surface area contributed by atoms with Gasteiger partial charge in [0.15, 0.2) is 0 Å². The Balaban J connectivity index is 1.82. The highest BCUT2D eigenvalue weighted by molar-refractivity contribution is 5.93. The lowest BCUT2D eigenvalue weighted by Gasteiger charge is -2.16. The zero-order valence-electron chi connectivity index (χ0n) is 14.6. The number of carbonyl (C=O) groups is 1. The first kappa shape index (κ1) is 17.5. The minimum atomic E-state index is -0.497. The highest BCUT2D eigenvalue weighted by atomic mass is 16.2. The van der Waals surface area contributed by atoms with E-state index >= 15 is 0 Å². The highest BCUT2D eigenvalue weighted by Crippen LogP contribution is 2.16. The number of pyridine rings is 2. The monoisotopic (exact) mass is 349 g/mol. The predicted molar refractivity (Wildman–Crippen MR) is 97.6 cm³/mol. The summed E-state index contributed by atoms with van der Waals surface area (Å²) in [5, 5.41) is 2.85. The first-order chi connectivity index (χ1) is 12.6. The molecule has 0 aromatic carbocycles. The van der Waals surface area contributed by atoms with Crippen LogP contribution in [0.25, 0.3) is 11.4 Å². The quantitative estimate of drug-likeness (QED) is 0.737. The van der Waals surface area contributed by atoms with Crippen molar-refractivity contribution in [1.29, 1.82) is 0 Å². The van der Waals surface area contributed by atoms with Gasteiger partial charge in [0, 0.05) is 30.4 Å². The van der Waals surface area contributed by atoms with E-state index in [1.807, 2.05) is 26.0 Å². The summed E-state index contributed by atoms with van der Waals surface area (Å²) in [6, 6.07) is 7.06. The van der Waals surface area contributed by atoms with Crippen LogP contribution in [0.5, 0.6) is 0 Å². The third kappa shape index (κ3) is 3.83. The minimum Gasteiger partial charge on any atom is -0.343 e. The molecule has 2 N–H and O–H groups in total. The minimum absolute atomic E-state index is 0.0382. The van der Waals surface area contributed by atoms with Crippen molar-refractivity contribution in [3.05, 3.63) is 76.2 Å². The number of amides is 1. The van der Waals surface area contributed by atoms with E-state index in [2.05, 4.69) is 25.3 Å². The van der Waals surface area contributed by atoms with E-state index in [9.17, 15) is 9.59 Å². The number of carbonyl (C=O) groups excluding carboxylic acids is 1. The van der Waals surface area contributed by atoms with Crippen LogP contribution in [-0.2, 0) is 0 Å². The van der Waals surface area contributed by atoms with Gasteiger partial charge in [0.05, 0.1) is 11.7 Å². The molecule has 7 heteroatoms. The molecule has 1 atom stereocenters. The smallest absolute Gasteiger partial charge is 0.264 e. The number of nitrogens with one attached hydrogen (secondary N) is 2. The molecule has 0 aliphatic heterocycles. The molecule has 3 heterocycles. The fourth-order valence-electron chi connectivity index (χ4n) is 2.58. The van der Waals surface area contributed by atoms with Gasteiger partial charge in [0.25, 0.3) is 11.5 Å². The van der Waals surface area contributed by atoms with Crippen molar-refractivity contribution in [1.82, 2.24) is 25.3 Å². The normalized spacial score (nSPS) is 11.8. The van der Waals surface area contributed by atoms with E-state index in [4.69, 9.17) is 0 Å². The van der Waals surface area contributed by atoms with Crippen molar-refractivity contribution in [2.75, 3.05) is 0 Å². The molecule has 0 spiro atoms. The molecule has 7 nitrogen and oxygen atoms in total. The molecule has 0 saturated carbocycles. The number of nitrogens with zero attached hydrogens (tertiary/aromatic N) is 3. The van der Waals surface area contributed by atoms with Crippen molar-refractivity contribution < 1.29 is 4.79 Å². The van der Waals surface area contributed by atoms with Gasteiger partial charge in [0.1, 0.15) is 11.4 Å². The fourth-order valence-corrected chi connectivity index (χ4v) is 2.58. The fraction of sp³-hybridized carbons (Fsp3) is 0.211. The van der Waals surface area contributed by atoms with Crippen LogP contribution in [0.15, 0.2) is 53.8 Å². The maximum absolute atomic E-state index is 12.5. The van der Waals surface area contributed by atoms with Crippen LogP contribution in [0.1, 0.15) is 41.0 Å². The summed E-state index contributed by atoms with van der Waals surface area (Å²) in [6.07, 6.45) is 6.87. The second kappa shape index (κ2) is 7.69. The molecule has 3 aromatic heterocycles. The van der Waals surface area contributed by atoms with Crippen LogP contribution in [0.2, 0.25) is 0 Å². The second-order valence-corrected chi connectivity index (χ2v) is 5.91. The van der Waals surface area contributed by atoms with Crippen molar-refractivity contribution in [3.63, 3.8) is 0 Å². The van der Waals surface area contributed by atoms with Crippen molar-refractivity contribution >= 4 is 5.91 Å². The maximum Gasteiger partial charge on any atom is 0.264 e. The average molecular weight is 349 g/mol. The van der Waals surface area contributed by atoms with Gasteiger partial charge >= 0.3 is 0 Å². The summed E-state index contributed by atoms with van der Waals surface area (Å²) in [4.78, 5) is 40.0. The summed E-state index contributed by atoms with van der Waals surface area (Å²) in [5.74, 6) is -0.112. The number of rotatable bonds is 5. The third-order valence-corrected chi connectivity index (χ3v) is 3.99. The Kier molecular flexibility index (Phi) is 5.17. The zero-order valence-corrected chi connectivity index (χ0v) is 14.6. The molecule has 0 aliphatic rings. The number of H-pyrrole nitrogens is 1. The first-order valence-corrected chi connectivity index (χ1v) is 8.31. The lowest BCUT2D eigenvalue weighted by Crippen LogP contribution is -2.33. The number of aromatic amines is 1. The Morgan fingerprint density at radius 1 is 1.23 bits per heavy atom. The molecule has 1 unspecified atom stereocenters. The van der Waals surface area contributed by atoms with Gasteiger partial charge in [-0.15, -0.1) is 0 Å². The maximum atomic E-state index is 12.5. The van der Waals surface area contributed by atoms with Crippen molar-refractivity contribution in [2.24, 2.45) is 0 Å². The van der Waals surface area contributed by atoms with Crippen molar-refractivity contribution in [2.45, 2.75) is 26.3 Å². The molecule has 26 heavy (non-hydrogen) atoms. The van der Waals surface area contributed by atoms with Gasteiger partial charge in [-0.05, 0) is 43.2 Å². The molecule has 3 aromatic rings. The number of aryl methyl sites for hydroxylation is 1. The summed E-state index contributed by atoms with van der Waals surface area (Å²) in [5.41, 5.74) is 1.96. The van der Waals surface area contributed by atoms with Gasteiger partial charge in [-0.2, -0.15) is 0 Å². The molecular weight excluding hydrogens is 330 g/mol. The molecule has 1 amide bonds. The Labute approximate surface area is 150 Å². The average Bonchev–Trinajstić information content (AvgIpc) is 2.66. The van der Waals surface area contributed by atoms with Crippen LogP contribution in [-0.4, -0.2) is 25.8 Å². The van der Waals surface area contributed by atoms with E-state index in [0.29, 0.717) is 17.8 Å². The molecule has 0 saturated heterocycles. The Morgan fingerprint density at radius 2 is 2.08 bits per heavy atom. The summed E-state index contributed by atoms with van der Waals surface area (Å²) >= 11 is 0. The molecule has 3 rings (SSSR count). The number of hydrogen-bond donors (Lipinski definition) is 2. The van der Waals surface area contributed by atoms with Crippen molar-refractivity contribution in [3.8, 4) is 11.4 Å². The molecule has 0 fully saturated rings. The van der Waals surface area contributed by atoms with Gasteiger partial charge < -0.3 is 10.3 Å². The second-order valence-electron chi connectivity index (χ2n) is 5.91. The lowest BCUT2D eigenvalue weighted by molar-refractivity contribution is 0.0932. The predicted octanol–water partition coefficient (Wildman–Crippen LogP) is 2.42. The Morgan fingerprint density at radius 3 is 2.73 bits per heavy atom. The molecule has 132 valence electrons. The standard InChI is InChI=1S/C19H19N5O2/c1-3-15(16-9-12(2)6-8-21-16)23-18(25)14-11-22-17(24-19(14)26)13-5-4-7-20-10-13/h4-11,15H,3H2,1-2H3,(H,23,25)(H,22,24,26). The summed E-state index contributed by atoms with van der Waals surface area (Å²) in [6.45, 7) is 3.91. The van der Waals surface area contributed by atoms with Crippen LogP contribution in [0.3, 0.4) is 0 Å². The van der Waals surface area contributed by atoms with E-state index in [-0.39, 0.29) is 11.6 Å². The number of aromatic nitrogens is 4. The first-order valence-electron chi connectivity index (χ1n) is 8.31. The van der Waals surface area contributed by atoms with Gasteiger partial charge in [0.2, 0.25) is 0 Å². The van der Waals surface area contributed by atoms with Crippen LogP contribution in [0, 0.1) is 6.92 Å². The van der Waals surface area contributed by atoms with Gasteiger partial charge in [-0.1, -0.05) is 6.92 Å². The Bertz CT molecular complexity index is 969. The molecule has 0 radical (unpaired) electrons. The number of hydrogen-bond acceptors (Lipinski definition) is 5. The lowest BCUT2D eigenvalue weighted by atomic mass is 10.1. The van der Waals surface area contributed by atoms with E-state index < -0.39 is 11.5 Å². The molecule has 0 bridgehead atoms. The van der Waals surface area contributed by atoms with Gasteiger partial charge in [-0.3, -0.25) is 19.6 Å².